The highest BCUT2D eigenvalue weighted by Gasteiger charge is 2.67. The van der Waals surface area contributed by atoms with Crippen LogP contribution in [0.5, 0.6) is 0 Å². The van der Waals surface area contributed by atoms with Gasteiger partial charge in [-0.05, 0) is 37.6 Å². The zero-order valence-electron chi connectivity index (χ0n) is 6.80. The molecule has 56 valence electrons. The fourth-order valence-corrected chi connectivity index (χ4v) is 3.47. The zero-order chi connectivity index (χ0) is 6.93. The SMILES string of the molecule is CN1C2C[C@@H]3CC[C@]3(C)[C@H]21. The molecule has 1 saturated heterocycles. The predicted octanol–water partition coefficient (Wildman–Crippen LogP) is 1.49. The van der Waals surface area contributed by atoms with Gasteiger partial charge < -0.3 is 0 Å². The molecule has 3 rings (SSSR count). The van der Waals surface area contributed by atoms with Crippen molar-refractivity contribution >= 4 is 0 Å². The molecule has 2 unspecified atom stereocenters. The van der Waals surface area contributed by atoms with Gasteiger partial charge in [0.15, 0.2) is 0 Å². The Hall–Kier alpha value is -0.0400. The van der Waals surface area contributed by atoms with E-state index < -0.39 is 0 Å². The van der Waals surface area contributed by atoms with Gasteiger partial charge in [-0.25, -0.2) is 0 Å². The highest BCUT2D eigenvalue weighted by molar-refractivity contribution is 5.21. The lowest BCUT2D eigenvalue weighted by Gasteiger charge is -2.45. The summed E-state index contributed by atoms with van der Waals surface area (Å²) in [6.07, 6.45) is 4.54. The molecule has 3 aliphatic rings. The summed E-state index contributed by atoms with van der Waals surface area (Å²) in [6.45, 7) is 2.50. The first-order valence-corrected chi connectivity index (χ1v) is 4.45. The van der Waals surface area contributed by atoms with E-state index in [0.717, 1.165) is 23.4 Å². The van der Waals surface area contributed by atoms with Crippen LogP contribution in [0.15, 0.2) is 0 Å². The molecule has 3 fully saturated rings. The molecule has 0 spiro atoms. The second kappa shape index (κ2) is 1.29. The van der Waals surface area contributed by atoms with E-state index in [1.54, 1.807) is 0 Å². The van der Waals surface area contributed by atoms with Crippen LogP contribution in [0.2, 0.25) is 0 Å². The summed E-state index contributed by atoms with van der Waals surface area (Å²) in [5, 5.41) is 0. The van der Waals surface area contributed by atoms with E-state index in [4.69, 9.17) is 0 Å². The lowest BCUT2D eigenvalue weighted by molar-refractivity contribution is 0.0484. The van der Waals surface area contributed by atoms with E-state index in [0.29, 0.717) is 0 Å². The van der Waals surface area contributed by atoms with Crippen molar-refractivity contribution in [1.29, 1.82) is 0 Å². The first-order valence-electron chi connectivity index (χ1n) is 4.45. The van der Waals surface area contributed by atoms with E-state index in [2.05, 4.69) is 18.9 Å². The molecule has 1 heterocycles. The van der Waals surface area contributed by atoms with E-state index in [-0.39, 0.29) is 0 Å². The average molecular weight is 137 g/mol. The van der Waals surface area contributed by atoms with Crippen molar-refractivity contribution in [3.63, 3.8) is 0 Å². The second-order valence-electron chi connectivity index (χ2n) is 4.65. The third kappa shape index (κ3) is 0.378. The molecule has 0 N–H and O–H groups in total. The number of hydrogen-bond donors (Lipinski definition) is 0. The molecule has 0 aromatic heterocycles. The molecule has 0 bridgehead atoms. The van der Waals surface area contributed by atoms with Gasteiger partial charge >= 0.3 is 0 Å². The third-order valence-corrected chi connectivity index (χ3v) is 4.40. The van der Waals surface area contributed by atoms with Gasteiger partial charge in [0.05, 0.1) is 0 Å². The number of likely N-dealkylation sites (tertiary alicyclic amines) is 1. The Morgan fingerprint density at radius 3 is 2.70 bits per heavy atom. The molecule has 1 heteroatoms. The van der Waals surface area contributed by atoms with Crippen LogP contribution in [0.1, 0.15) is 26.2 Å². The molecule has 0 aromatic carbocycles. The van der Waals surface area contributed by atoms with Gasteiger partial charge in [0.25, 0.3) is 0 Å². The molecule has 0 radical (unpaired) electrons. The first-order chi connectivity index (χ1) is 4.73. The highest BCUT2D eigenvalue weighted by Crippen LogP contribution is 2.65. The lowest BCUT2D eigenvalue weighted by Crippen LogP contribution is -2.40. The Morgan fingerprint density at radius 2 is 2.30 bits per heavy atom. The van der Waals surface area contributed by atoms with Crippen molar-refractivity contribution in [2.45, 2.75) is 38.3 Å². The van der Waals surface area contributed by atoms with Crippen molar-refractivity contribution < 1.29 is 0 Å². The molecule has 5 atom stereocenters. The van der Waals surface area contributed by atoms with Crippen molar-refractivity contribution in [1.82, 2.24) is 4.90 Å². The fourth-order valence-electron chi connectivity index (χ4n) is 3.47. The minimum atomic E-state index is 0.763. The minimum Gasteiger partial charge on any atom is -0.297 e. The first kappa shape index (κ1) is 5.59. The van der Waals surface area contributed by atoms with Crippen LogP contribution in [0.25, 0.3) is 0 Å². The van der Waals surface area contributed by atoms with E-state index in [1.165, 1.54) is 19.3 Å². The van der Waals surface area contributed by atoms with Gasteiger partial charge in [0.1, 0.15) is 0 Å². The van der Waals surface area contributed by atoms with Crippen LogP contribution in [0.3, 0.4) is 0 Å². The molecule has 1 aliphatic heterocycles. The molecular formula is C9H15N. The van der Waals surface area contributed by atoms with Gasteiger partial charge in [-0.3, -0.25) is 4.90 Å². The smallest absolute Gasteiger partial charge is 0.0308 e. The maximum atomic E-state index is 2.57. The Labute approximate surface area is 62.4 Å². The second-order valence-corrected chi connectivity index (χ2v) is 4.65. The summed E-state index contributed by atoms with van der Waals surface area (Å²) in [6, 6.07) is 1.99. The third-order valence-electron chi connectivity index (χ3n) is 4.40. The normalized spacial score (nSPS) is 70.2. The molecule has 0 aromatic rings. The number of likely N-dealkylation sites (N-methyl/N-ethyl adjacent to an activating group) is 1. The van der Waals surface area contributed by atoms with Crippen LogP contribution >= 0.6 is 0 Å². The van der Waals surface area contributed by atoms with Crippen LogP contribution in [-0.4, -0.2) is 24.0 Å². The van der Waals surface area contributed by atoms with E-state index in [9.17, 15) is 0 Å². The molecule has 1 nitrogen and oxygen atoms in total. The van der Waals surface area contributed by atoms with Crippen molar-refractivity contribution in [2.75, 3.05) is 7.05 Å². The fraction of sp³-hybridized carbons (Fsp3) is 1.00. The van der Waals surface area contributed by atoms with Crippen molar-refractivity contribution in [3.05, 3.63) is 0 Å². The molecule has 10 heavy (non-hydrogen) atoms. The van der Waals surface area contributed by atoms with Crippen molar-refractivity contribution in [2.24, 2.45) is 11.3 Å². The molecule has 2 aliphatic carbocycles. The van der Waals surface area contributed by atoms with Gasteiger partial charge in [-0.1, -0.05) is 6.92 Å². The summed E-state index contributed by atoms with van der Waals surface area (Å²) in [7, 11) is 2.29. The maximum absolute atomic E-state index is 2.57. The Morgan fingerprint density at radius 1 is 1.50 bits per heavy atom. The largest absolute Gasteiger partial charge is 0.297 e. The Bertz CT molecular complexity index is 189. The monoisotopic (exact) mass is 137 g/mol. The van der Waals surface area contributed by atoms with Gasteiger partial charge in [-0.2, -0.15) is 0 Å². The van der Waals surface area contributed by atoms with E-state index >= 15 is 0 Å². The van der Waals surface area contributed by atoms with E-state index in [1.807, 2.05) is 0 Å². The van der Waals surface area contributed by atoms with Gasteiger partial charge in [0.2, 0.25) is 0 Å². The average Bonchev–Trinajstić information content (AvgIpc) is 2.46. The zero-order valence-corrected chi connectivity index (χ0v) is 6.80. The molecule has 0 amide bonds. The lowest BCUT2D eigenvalue weighted by atomic mass is 9.62. The number of rotatable bonds is 0. The number of piperidine rings is 1. The maximum Gasteiger partial charge on any atom is 0.0308 e. The van der Waals surface area contributed by atoms with Gasteiger partial charge in [-0.15, -0.1) is 0 Å². The summed E-state index contributed by atoms with van der Waals surface area (Å²) < 4.78 is 0. The summed E-state index contributed by atoms with van der Waals surface area (Å²) in [5.41, 5.74) is 0.763. The van der Waals surface area contributed by atoms with Gasteiger partial charge in [0, 0.05) is 12.1 Å². The number of hydrogen-bond acceptors (Lipinski definition) is 1. The van der Waals surface area contributed by atoms with Crippen LogP contribution < -0.4 is 0 Å². The van der Waals surface area contributed by atoms with Crippen molar-refractivity contribution in [3.8, 4) is 0 Å². The number of nitrogens with zero attached hydrogens (tertiary/aromatic N) is 1. The highest BCUT2D eigenvalue weighted by atomic mass is 15.4. The number of fused-ring (bicyclic) bond motifs is 3. The van der Waals surface area contributed by atoms with Crippen LogP contribution in [-0.2, 0) is 0 Å². The topological polar surface area (TPSA) is 3.01 Å². The standard InChI is InChI=1S/C9H15N/c1-9-4-3-6(9)5-7-8(9)10(7)2/h6-8H,3-5H2,1-2H3/t6-,7?,8-,9-,10?/m0/s1. The predicted molar refractivity (Wildman–Crippen MR) is 40.8 cm³/mol. The summed E-state index contributed by atoms with van der Waals surface area (Å²) in [4.78, 5) is 2.57. The Balaban J connectivity index is 1.94. The quantitative estimate of drug-likeness (QED) is 0.457. The summed E-state index contributed by atoms with van der Waals surface area (Å²) in [5.74, 6) is 1.11. The minimum absolute atomic E-state index is 0.763. The summed E-state index contributed by atoms with van der Waals surface area (Å²) >= 11 is 0. The van der Waals surface area contributed by atoms with Crippen LogP contribution in [0.4, 0.5) is 0 Å². The molecule has 2 saturated carbocycles. The van der Waals surface area contributed by atoms with Crippen LogP contribution in [0, 0.1) is 11.3 Å². The Kier molecular flexibility index (Phi) is 0.722. The molecular weight excluding hydrogens is 122 g/mol.